The fourth-order valence-electron chi connectivity index (χ4n) is 2.03. The molecule has 0 aliphatic heterocycles. The third-order valence-electron chi connectivity index (χ3n) is 2.88. The Hall–Kier alpha value is -1.30. The highest BCUT2D eigenvalue weighted by Gasteiger charge is 2.19. The molecule has 98 valence electrons. The lowest BCUT2D eigenvalue weighted by Gasteiger charge is -2.21. The minimum absolute atomic E-state index is 0.137. The molecule has 0 saturated heterocycles. The van der Waals surface area contributed by atoms with Crippen LogP contribution < -0.4 is 0 Å². The topological polar surface area (TPSA) is 61.9 Å². The molecule has 2 rings (SSSR count). The fourth-order valence-corrected chi connectivity index (χ4v) is 2.75. The average molecular weight is 266 g/mol. The van der Waals surface area contributed by atoms with E-state index in [0.29, 0.717) is 10.9 Å². The largest absolute Gasteiger partial charge is 0.316 e. The normalized spacial score (nSPS) is 14.7. The number of hydrogen-bond acceptors (Lipinski definition) is 4. The average Bonchev–Trinajstić information content (AvgIpc) is 2.99. The van der Waals surface area contributed by atoms with Crippen LogP contribution in [-0.2, 0) is 4.79 Å². The van der Waals surface area contributed by atoms with E-state index < -0.39 is 0 Å². The number of aromatic nitrogens is 3. The molecule has 1 aliphatic carbocycles. The maximum absolute atomic E-state index is 12.1. The number of nitrogens with one attached hydrogen (secondary N) is 1. The summed E-state index contributed by atoms with van der Waals surface area (Å²) in [7, 11) is 0. The number of carbonyl (C=O) groups is 1. The highest BCUT2D eigenvalue weighted by atomic mass is 32.2. The van der Waals surface area contributed by atoms with Crippen molar-refractivity contribution in [2.45, 2.75) is 38.3 Å². The maximum atomic E-state index is 12.1. The van der Waals surface area contributed by atoms with Crippen LogP contribution >= 0.6 is 11.8 Å². The van der Waals surface area contributed by atoms with Gasteiger partial charge < -0.3 is 4.90 Å². The van der Waals surface area contributed by atoms with Gasteiger partial charge in [0, 0.05) is 12.2 Å². The molecule has 0 radical (unpaired) electrons. The number of amides is 1. The minimum Gasteiger partial charge on any atom is -0.316 e. The number of H-pyrrole nitrogens is 1. The van der Waals surface area contributed by atoms with Crippen molar-refractivity contribution >= 4 is 17.7 Å². The second kappa shape index (κ2) is 6.04. The molecule has 0 spiro atoms. The molecule has 0 unspecified atom stereocenters. The van der Waals surface area contributed by atoms with Crippen LogP contribution in [0.3, 0.4) is 0 Å². The van der Waals surface area contributed by atoms with Gasteiger partial charge in [-0.05, 0) is 33.1 Å². The smallest absolute Gasteiger partial charge is 0.237 e. The van der Waals surface area contributed by atoms with Crippen molar-refractivity contribution in [1.82, 2.24) is 20.1 Å². The van der Waals surface area contributed by atoms with Crippen LogP contribution in [0.25, 0.3) is 0 Å². The lowest BCUT2D eigenvalue weighted by molar-refractivity contribution is -0.126. The Morgan fingerprint density at radius 2 is 2.44 bits per heavy atom. The van der Waals surface area contributed by atoms with Crippen LogP contribution in [0.5, 0.6) is 0 Å². The Balaban J connectivity index is 1.89. The molecule has 1 aromatic heterocycles. The van der Waals surface area contributed by atoms with Gasteiger partial charge in [-0.2, -0.15) is 0 Å². The van der Waals surface area contributed by atoms with Crippen LogP contribution in [0.1, 0.15) is 32.0 Å². The summed E-state index contributed by atoms with van der Waals surface area (Å²) < 4.78 is 0. The molecule has 1 amide bonds. The number of rotatable bonds is 5. The third-order valence-corrected chi connectivity index (χ3v) is 3.71. The van der Waals surface area contributed by atoms with E-state index in [-0.39, 0.29) is 5.91 Å². The number of nitrogens with zero attached hydrogens (tertiary/aromatic N) is 3. The predicted octanol–water partition coefficient (Wildman–Crippen LogP) is 2.12. The fraction of sp³-hybridized carbons (Fsp3) is 0.583. The van der Waals surface area contributed by atoms with Gasteiger partial charge in [0.2, 0.25) is 11.1 Å². The summed E-state index contributed by atoms with van der Waals surface area (Å²) in [6.07, 6.45) is 5.44. The Morgan fingerprint density at radius 3 is 3.00 bits per heavy atom. The molecule has 0 aromatic carbocycles. The van der Waals surface area contributed by atoms with E-state index in [1.807, 2.05) is 18.7 Å². The summed E-state index contributed by atoms with van der Waals surface area (Å²) in [5.74, 6) is 1.30. The zero-order valence-corrected chi connectivity index (χ0v) is 11.6. The molecule has 1 N–H and O–H groups in total. The molecule has 6 heteroatoms. The zero-order chi connectivity index (χ0) is 13.0. The summed E-state index contributed by atoms with van der Waals surface area (Å²) in [4.78, 5) is 18.2. The second-order valence-corrected chi connectivity index (χ2v) is 5.16. The van der Waals surface area contributed by atoms with Crippen LogP contribution in [0, 0.1) is 6.92 Å². The van der Waals surface area contributed by atoms with Crippen LogP contribution in [0.15, 0.2) is 16.9 Å². The zero-order valence-electron chi connectivity index (χ0n) is 10.8. The molecule has 5 nitrogen and oxygen atoms in total. The van der Waals surface area contributed by atoms with Crippen LogP contribution in [-0.4, -0.2) is 38.3 Å². The van der Waals surface area contributed by atoms with Crippen molar-refractivity contribution in [3.05, 3.63) is 17.6 Å². The van der Waals surface area contributed by atoms with Gasteiger partial charge in [0.05, 0.1) is 5.75 Å². The number of carbonyl (C=O) groups excluding carboxylic acids is 1. The first-order valence-corrected chi connectivity index (χ1v) is 7.20. The van der Waals surface area contributed by atoms with Gasteiger partial charge in [-0.15, -0.1) is 5.10 Å². The van der Waals surface area contributed by atoms with Gasteiger partial charge >= 0.3 is 0 Å². The summed E-state index contributed by atoms with van der Waals surface area (Å²) in [6, 6.07) is 0. The monoisotopic (exact) mass is 266 g/mol. The molecule has 1 heterocycles. The summed E-state index contributed by atoms with van der Waals surface area (Å²) in [5, 5.41) is 7.42. The molecule has 18 heavy (non-hydrogen) atoms. The van der Waals surface area contributed by atoms with Gasteiger partial charge in [-0.25, -0.2) is 4.98 Å². The standard InChI is InChI=1S/C12H18N4OS/c1-3-16(10-6-4-5-7-10)11(17)8-18-12-13-9(2)14-15-12/h6H,3-5,7-8H2,1-2H3,(H,13,14,15). The molecule has 1 aliphatic rings. The van der Waals surface area contributed by atoms with Crippen molar-refractivity contribution in [2.24, 2.45) is 0 Å². The highest BCUT2D eigenvalue weighted by Crippen LogP contribution is 2.23. The number of aromatic amines is 1. The van der Waals surface area contributed by atoms with Crippen molar-refractivity contribution in [3.63, 3.8) is 0 Å². The van der Waals surface area contributed by atoms with Gasteiger partial charge in [-0.1, -0.05) is 17.8 Å². The SMILES string of the molecule is CCN(C(=O)CSc1n[nH]c(C)n1)C1=CCCC1. The van der Waals surface area contributed by atoms with Crippen molar-refractivity contribution in [3.8, 4) is 0 Å². The lowest BCUT2D eigenvalue weighted by Crippen LogP contribution is -2.31. The molecule has 1 aromatic rings. The van der Waals surface area contributed by atoms with Crippen LogP contribution in [0.4, 0.5) is 0 Å². The van der Waals surface area contributed by atoms with E-state index in [0.717, 1.165) is 31.6 Å². The summed E-state index contributed by atoms with van der Waals surface area (Å²) >= 11 is 1.38. The Kier molecular flexibility index (Phi) is 4.41. The Bertz CT molecular complexity index is 455. The van der Waals surface area contributed by atoms with Crippen molar-refractivity contribution in [1.29, 1.82) is 0 Å². The molecule has 0 saturated carbocycles. The van der Waals surface area contributed by atoms with E-state index >= 15 is 0 Å². The Morgan fingerprint density at radius 1 is 1.61 bits per heavy atom. The number of hydrogen-bond donors (Lipinski definition) is 1. The maximum Gasteiger partial charge on any atom is 0.237 e. The number of allylic oxidation sites excluding steroid dienone is 2. The summed E-state index contributed by atoms with van der Waals surface area (Å²) in [6.45, 7) is 4.59. The predicted molar refractivity (Wildman–Crippen MR) is 71.2 cm³/mol. The molecule has 0 fully saturated rings. The lowest BCUT2D eigenvalue weighted by atomic mass is 10.3. The van der Waals surface area contributed by atoms with E-state index in [9.17, 15) is 4.79 Å². The molecule has 0 atom stereocenters. The van der Waals surface area contributed by atoms with E-state index in [1.165, 1.54) is 17.5 Å². The van der Waals surface area contributed by atoms with E-state index in [4.69, 9.17) is 0 Å². The minimum atomic E-state index is 0.137. The highest BCUT2D eigenvalue weighted by molar-refractivity contribution is 7.99. The first-order chi connectivity index (χ1) is 8.70. The molecular weight excluding hydrogens is 248 g/mol. The van der Waals surface area contributed by atoms with E-state index in [1.54, 1.807) is 0 Å². The first kappa shape index (κ1) is 13.1. The third kappa shape index (κ3) is 3.13. The first-order valence-electron chi connectivity index (χ1n) is 6.22. The molecule has 0 bridgehead atoms. The second-order valence-electron chi connectivity index (χ2n) is 4.22. The van der Waals surface area contributed by atoms with Gasteiger partial charge in [0.15, 0.2) is 0 Å². The van der Waals surface area contributed by atoms with Gasteiger partial charge in [0.1, 0.15) is 5.82 Å². The number of aryl methyl sites for hydroxylation is 1. The van der Waals surface area contributed by atoms with Crippen molar-refractivity contribution < 1.29 is 4.79 Å². The van der Waals surface area contributed by atoms with Gasteiger partial charge in [-0.3, -0.25) is 9.89 Å². The van der Waals surface area contributed by atoms with Crippen molar-refractivity contribution in [2.75, 3.05) is 12.3 Å². The number of thioether (sulfide) groups is 1. The van der Waals surface area contributed by atoms with E-state index in [2.05, 4.69) is 21.3 Å². The summed E-state index contributed by atoms with van der Waals surface area (Å²) in [5.41, 5.74) is 1.18. The Labute approximate surface area is 111 Å². The van der Waals surface area contributed by atoms with Gasteiger partial charge in [0.25, 0.3) is 0 Å². The van der Waals surface area contributed by atoms with Crippen LogP contribution in [0.2, 0.25) is 0 Å². The quantitative estimate of drug-likeness (QED) is 0.829. The molecular formula is C12H18N4OS.